The van der Waals surface area contributed by atoms with Crippen LogP contribution >= 0.6 is 23.5 Å². The molecule has 2 rings (SSSR count). The SMILES string of the molecule is CSC(=C/C(C)=N/N(c1ccccc1)c1ccccc1)SC. The molecule has 0 heterocycles. The van der Waals surface area contributed by atoms with E-state index in [0.717, 1.165) is 17.1 Å². The maximum absolute atomic E-state index is 4.80. The van der Waals surface area contributed by atoms with Crippen LogP contribution in [0.2, 0.25) is 0 Å². The largest absolute Gasteiger partial charge is 0.234 e. The summed E-state index contributed by atoms with van der Waals surface area (Å²) >= 11 is 3.48. The van der Waals surface area contributed by atoms with E-state index in [0.29, 0.717) is 0 Å². The van der Waals surface area contributed by atoms with Gasteiger partial charge in [-0.3, -0.25) is 0 Å². The molecule has 4 heteroatoms. The first-order valence-corrected chi connectivity index (χ1v) is 9.44. The van der Waals surface area contributed by atoms with Gasteiger partial charge < -0.3 is 0 Å². The van der Waals surface area contributed by atoms with Gasteiger partial charge in [-0.05, 0) is 49.8 Å². The Morgan fingerprint density at radius 3 is 1.73 bits per heavy atom. The highest BCUT2D eigenvalue weighted by molar-refractivity contribution is 8.21. The number of para-hydroxylation sites is 2. The number of hydrazone groups is 1. The van der Waals surface area contributed by atoms with Crippen LogP contribution in [0.25, 0.3) is 0 Å². The van der Waals surface area contributed by atoms with Crippen molar-refractivity contribution in [2.75, 3.05) is 17.5 Å². The smallest absolute Gasteiger partial charge is 0.0652 e. The van der Waals surface area contributed by atoms with Gasteiger partial charge in [-0.25, -0.2) is 5.01 Å². The van der Waals surface area contributed by atoms with Crippen molar-refractivity contribution >= 4 is 40.6 Å². The third kappa shape index (κ3) is 4.68. The van der Waals surface area contributed by atoms with Crippen molar-refractivity contribution < 1.29 is 0 Å². The van der Waals surface area contributed by atoms with Gasteiger partial charge in [0.25, 0.3) is 0 Å². The van der Waals surface area contributed by atoms with E-state index in [1.54, 1.807) is 23.5 Å². The minimum absolute atomic E-state index is 0.978. The molecule has 0 atom stereocenters. The fourth-order valence-corrected chi connectivity index (χ4v) is 3.20. The van der Waals surface area contributed by atoms with Crippen molar-refractivity contribution in [3.8, 4) is 0 Å². The fraction of sp³-hybridized carbons (Fsp3) is 0.167. The minimum Gasteiger partial charge on any atom is -0.234 e. The average Bonchev–Trinajstić information content (AvgIpc) is 2.59. The molecule has 22 heavy (non-hydrogen) atoms. The fourth-order valence-electron chi connectivity index (χ4n) is 1.96. The van der Waals surface area contributed by atoms with E-state index in [-0.39, 0.29) is 0 Å². The Balaban J connectivity index is 2.40. The van der Waals surface area contributed by atoms with Gasteiger partial charge in [-0.2, -0.15) is 5.10 Å². The Labute approximate surface area is 141 Å². The molecular formula is C18H20N2S2. The normalized spacial score (nSPS) is 11.1. The Morgan fingerprint density at radius 2 is 1.32 bits per heavy atom. The molecule has 0 radical (unpaired) electrons. The zero-order valence-corrected chi connectivity index (χ0v) is 14.7. The van der Waals surface area contributed by atoms with Crippen LogP contribution in [-0.2, 0) is 0 Å². The van der Waals surface area contributed by atoms with Crippen LogP contribution in [0.5, 0.6) is 0 Å². The first-order chi connectivity index (χ1) is 10.7. The number of anilines is 2. The van der Waals surface area contributed by atoms with Crippen LogP contribution < -0.4 is 5.01 Å². The molecule has 114 valence electrons. The molecular weight excluding hydrogens is 308 g/mol. The van der Waals surface area contributed by atoms with E-state index < -0.39 is 0 Å². The number of benzene rings is 2. The number of thioether (sulfide) groups is 2. The van der Waals surface area contributed by atoms with E-state index in [4.69, 9.17) is 5.10 Å². The summed E-state index contributed by atoms with van der Waals surface area (Å²) in [6.07, 6.45) is 6.29. The Bertz CT molecular complexity index is 591. The van der Waals surface area contributed by atoms with Crippen LogP contribution in [0.15, 0.2) is 76.1 Å². The topological polar surface area (TPSA) is 15.6 Å². The number of allylic oxidation sites excluding steroid dienone is 1. The molecule has 0 aliphatic rings. The highest BCUT2D eigenvalue weighted by Gasteiger charge is 2.07. The standard InChI is InChI=1S/C18H20N2S2/c1-15(14-18(21-2)22-3)19-20(16-10-6-4-7-11-16)17-12-8-5-9-13-17/h4-14H,1-3H3/b19-15+. The molecule has 0 saturated carbocycles. The predicted octanol–water partition coefficient (Wildman–Crippen LogP) is 5.77. The maximum atomic E-state index is 4.80. The molecule has 0 aromatic heterocycles. The highest BCUT2D eigenvalue weighted by Crippen LogP contribution is 2.27. The molecule has 2 aromatic carbocycles. The van der Waals surface area contributed by atoms with Crippen molar-refractivity contribution in [2.45, 2.75) is 6.92 Å². The van der Waals surface area contributed by atoms with Gasteiger partial charge in [0.2, 0.25) is 0 Å². The van der Waals surface area contributed by atoms with Gasteiger partial charge in [0.1, 0.15) is 0 Å². The van der Waals surface area contributed by atoms with Gasteiger partial charge in [0.05, 0.1) is 17.1 Å². The van der Waals surface area contributed by atoms with Crippen molar-refractivity contribution in [3.63, 3.8) is 0 Å². The molecule has 0 amide bonds. The summed E-state index contributed by atoms with van der Waals surface area (Å²) in [7, 11) is 0. The van der Waals surface area contributed by atoms with Gasteiger partial charge in [0, 0.05) is 4.24 Å². The molecule has 0 aliphatic carbocycles. The van der Waals surface area contributed by atoms with Crippen LogP contribution in [-0.4, -0.2) is 18.2 Å². The summed E-state index contributed by atoms with van der Waals surface area (Å²) < 4.78 is 1.25. The molecule has 0 N–H and O–H groups in total. The molecule has 2 nitrogen and oxygen atoms in total. The van der Waals surface area contributed by atoms with Crippen molar-refractivity contribution in [1.82, 2.24) is 0 Å². The summed E-state index contributed by atoms with van der Waals surface area (Å²) in [6, 6.07) is 20.4. The van der Waals surface area contributed by atoms with Crippen molar-refractivity contribution in [2.24, 2.45) is 5.10 Å². The van der Waals surface area contributed by atoms with Crippen molar-refractivity contribution in [1.29, 1.82) is 0 Å². The van der Waals surface area contributed by atoms with E-state index in [1.165, 1.54) is 4.24 Å². The number of nitrogens with zero attached hydrogens (tertiary/aromatic N) is 2. The molecule has 0 unspecified atom stereocenters. The Hall–Kier alpha value is -1.65. The second-order valence-corrected chi connectivity index (χ2v) is 6.55. The summed E-state index contributed by atoms with van der Waals surface area (Å²) in [5, 5.41) is 6.78. The monoisotopic (exact) mass is 328 g/mol. The number of hydrogen-bond acceptors (Lipinski definition) is 4. The first kappa shape index (κ1) is 16.7. The van der Waals surface area contributed by atoms with Crippen molar-refractivity contribution in [3.05, 3.63) is 71.0 Å². The Morgan fingerprint density at radius 1 is 0.864 bits per heavy atom. The molecule has 0 aliphatic heterocycles. The Kier molecular flexibility index (Phi) is 6.62. The first-order valence-electron chi connectivity index (χ1n) is 6.99. The highest BCUT2D eigenvalue weighted by atomic mass is 32.2. The van der Waals surface area contributed by atoms with E-state index in [9.17, 15) is 0 Å². The zero-order valence-electron chi connectivity index (χ0n) is 13.1. The molecule has 0 saturated heterocycles. The summed E-state index contributed by atoms with van der Waals surface area (Å²) in [5.41, 5.74) is 3.08. The summed E-state index contributed by atoms with van der Waals surface area (Å²) in [4.78, 5) is 0. The maximum Gasteiger partial charge on any atom is 0.0652 e. The number of rotatable bonds is 6. The van der Waals surface area contributed by atoms with Gasteiger partial charge in [-0.1, -0.05) is 36.4 Å². The summed E-state index contributed by atoms with van der Waals surface area (Å²) in [6.45, 7) is 2.03. The minimum atomic E-state index is 0.978. The van der Waals surface area contributed by atoms with Gasteiger partial charge in [0.15, 0.2) is 0 Å². The van der Waals surface area contributed by atoms with Gasteiger partial charge >= 0.3 is 0 Å². The third-order valence-corrected chi connectivity index (χ3v) is 5.03. The lowest BCUT2D eigenvalue weighted by atomic mass is 10.2. The second-order valence-electron chi connectivity index (χ2n) is 4.60. The van der Waals surface area contributed by atoms with Crippen LogP contribution in [0, 0.1) is 0 Å². The quantitative estimate of drug-likeness (QED) is 0.494. The summed E-state index contributed by atoms with van der Waals surface area (Å²) in [5.74, 6) is 0. The second kappa shape index (κ2) is 8.71. The number of hydrogen-bond donors (Lipinski definition) is 0. The van der Waals surface area contributed by atoms with E-state index in [2.05, 4.69) is 42.9 Å². The molecule has 2 aromatic rings. The lowest BCUT2D eigenvalue weighted by Gasteiger charge is -2.20. The average molecular weight is 329 g/mol. The van der Waals surface area contributed by atoms with E-state index in [1.807, 2.05) is 48.3 Å². The predicted molar refractivity (Wildman–Crippen MR) is 103 cm³/mol. The van der Waals surface area contributed by atoms with E-state index >= 15 is 0 Å². The lowest BCUT2D eigenvalue weighted by Crippen LogP contribution is -2.11. The third-order valence-electron chi connectivity index (χ3n) is 2.99. The lowest BCUT2D eigenvalue weighted by molar-refractivity contribution is 1.08. The van der Waals surface area contributed by atoms with Crippen LogP contribution in [0.1, 0.15) is 6.92 Å². The van der Waals surface area contributed by atoms with Crippen LogP contribution in [0.3, 0.4) is 0 Å². The zero-order chi connectivity index (χ0) is 15.8. The van der Waals surface area contributed by atoms with Gasteiger partial charge in [-0.15, -0.1) is 23.5 Å². The molecule has 0 spiro atoms. The molecule has 0 fully saturated rings. The molecule has 0 bridgehead atoms. The van der Waals surface area contributed by atoms with Crippen LogP contribution in [0.4, 0.5) is 11.4 Å².